The van der Waals surface area contributed by atoms with Crippen LogP contribution in [-0.4, -0.2) is 7.05 Å². The van der Waals surface area contributed by atoms with Crippen LogP contribution in [-0.2, 0) is 0 Å². The molecular weight excluding hydrogens is 164 g/mol. The maximum atomic E-state index is 9.65. The first-order chi connectivity index (χ1) is 3.83. The largest absolute Gasteiger partial charge is 0.333 e. The zero-order chi connectivity index (χ0) is 7.41. The number of rotatable bonds is 0. The summed E-state index contributed by atoms with van der Waals surface area (Å²) in [5, 5.41) is 0. The minimum atomic E-state index is -1.92. The quantitative estimate of drug-likeness (QED) is 0.439. The predicted octanol–water partition coefficient (Wildman–Crippen LogP) is 2.44. The van der Waals surface area contributed by atoms with Gasteiger partial charge < -0.3 is 5.73 Å². The van der Waals surface area contributed by atoms with Gasteiger partial charge in [-0.05, 0) is 7.05 Å². The van der Waals surface area contributed by atoms with E-state index in [0.717, 1.165) is 0 Å². The van der Waals surface area contributed by atoms with Crippen molar-refractivity contribution >= 4 is 18.4 Å². The van der Waals surface area contributed by atoms with Gasteiger partial charge in [0.15, 0.2) is 0 Å². The molecule has 2 N–H and O–H groups in total. The first-order valence-electron chi connectivity index (χ1n) is 1.33. The third kappa shape index (κ3) is 688. The van der Waals surface area contributed by atoms with E-state index < -0.39 is 18.4 Å². The highest BCUT2D eigenvalue weighted by molar-refractivity contribution is 7.25. The molecule has 0 aliphatic rings. The third-order valence-corrected chi connectivity index (χ3v) is 0. The molecule has 0 saturated carbocycles. The molecule has 1 nitrogen and oxygen atoms in total. The Bertz CT molecular complexity index is 16.0. The van der Waals surface area contributed by atoms with Gasteiger partial charge in [0.05, 0.1) is 0 Å². The van der Waals surface area contributed by atoms with Crippen molar-refractivity contribution in [2.24, 2.45) is 5.73 Å². The van der Waals surface area contributed by atoms with Crippen molar-refractivity contribution in [2.45, 2.75) is 0 Å². The SMILES string of the molecule is CN.FPF.FPF. The number of hydrogen-bond acceptors (Lipinski definition) is 1. The number of halogens is 4. The fraction of sp³-hybridized carbons (Fsp3) is 1.00. The molecule has 54 valence electrons. The van der Waals surface area contributed by atoms with Gasteiger partial charge in [-0.1, -0.05) is 0 Å². The van der Waals surface area contributed by atoms with Crippen LogP contribution in [0.3, 0.4) is 0 Å². The van der Waals surface area contributed by atoms with E-state index in [1.807, 2.05) is 0 Å². The van der Waals surface area contributed by atoms with Gasteiger partial charge in [-0.2, -0.15) is 16.8 Å². The summed E-state index contributed by atoms with van der Waals surface area (Å²) in [6, 6.07) is 0. The molecule has 0 spiro atoms. The van der Waals surface area contributed by atoms with Crippen molar-refractivity contribution in [1.29, 1.82) is 0 Å². The molecule has 0 aromatic rings. The molecule has 0 fully saturated rings. The first-order valence-corrected chi connectivity index (χ1v) is 2.85. The Morgan fingerprint density at radius 3 is 0.875 bits per heavy atom. The molecule has 0 bridgehead atoms. The summed E-state index contributed by atoms with van der Waals surface area (Å²) in [7, 11) is -2.33. The molecule has 0 radical (unpaired) electrons. The maximum Gasteiger partial charge on any atom is 0.253 e. The molecule has 0 atom stereocenters. The lowest BCUT2D eigenvalue weighted by Crippen LogP contribution is -1.69. The second kappa shape index (κ2) is 50.0. The highest BCUT2D eigenvalue weighted by atomic mass is 31.1. The van der Waals surface area contributed by atoms with Gasteiger partial charge in [0.1, 0.15) is 0 Å². The molecule has 0 amide bonds. The molecule has 0 aliphatic heterocycles. The molecule has 0 unspecified atom stereocenters. The van der Waals surface area contributed by atoms with E-state index in [1.165, 1.54) is 7.05 Å². The Morgan fingerprint density at radius 2 is 0.875 bits per heavy atom. The second-order valence-corrected chi connectivity index (χ2v) is 0.429. The van der Waals surface area contributed by atoms with Gasteiger partial charge in [-0.3, -0.25) is 0 Å². The van der Waals surface area contributed by atoms with Crippen LogP contribution in [0.1, 0.15) is 0 Å². The zero-order valence-corrected chi connectivity index (χ0v) is 6.09. The van der Waals surface area contributed by atoms with Gasteiger partial charge >= 0.3 is 0 Å². The summed E-state index contributed by atoms with van der Waals surface area (Å²) < 4.78 is 38.6. The van der Waals surface area contributed by atoms with E-state index in [9.17, 15) is 16.8 Å². The van der Waals surface area contributed by atoms with Crippen LogP contribution in [0.25, 0.3) is 0 Å². The Morgan fingerprint density at radius 1 is 0.875 bits per heavy atom. The van der Waals surface area contributed by atoms with Crippen molar-refractivity contribution in [2.75, 3.05) is 7.05 Å². The molecule has 0 heterocycles. The van der Waals surface area contributed by atoms with Gasteiger partial charge in [-0.15, -0.1) is 0 Å². The van der Waals surface area contributed by atoms with Crippen molar-refractivity contribution < 1.29 is 16.8 Å². The predicted molar refractivity (Wildman–Crippen MR) is 31.2 cm³/mol. The molecule has 0 aliphatic carbocycles. The van der Waals surface area contributed by atoms with E-state index in [4.69, 9.17) is 0 Å². The molecule has 0 aromatic heterocycles. The second-order valence-electron chi connectivity index (χ2n) is 0.143. The van der Waals surface area contributed by atoms with Gasteiger partial charge in [-0.25, -0.2) is 0 Å². The summed E-state index contributed by atoms with van der Waals surface area (Å²) >= 11 is 0. The minimum absolute atomic E-state index is 1.50. The van der Waals surface area contributed by atoms with Crippen LogP contribution in [0.2, 0.25) is 0 Å². The average molecular weight is 171 g/mol. The Labute approximate surface area is 49.1 Å². The van der Waals surface area contributed by atoms with Crippen LogP contribution in [0.15, 0.2) is 0 Å². The van der Waals surface area contributed by atoms with E-state index in [2.05, 4.69) is 5.73 Å². The Balaban J connectivity index is -0.0000000483. The highest BCUT2D eigenvalue weighted by Crippen LogP contribution is 2.08. The topological polar surface area (TPSA) is 26.0 Å². The fourth-order valence-corrected chi connectivity index (χ4v) is 0. The van der Waals surface area contributed by atoms with Crippen molar-refractivity contribution in [3.8, 4) is 0 Å². The van der Waals surface area contributed by atoms with E-state index in [1.54, 1.807) is 0 Å². The van der Waals surface area contributed by atoms with Crippen molar-refractivity contribution in [1.82, 2.24) is 0 Å². The smallest absolute Gasteiger partial charge is 0.253 e. The summed E-state index contributed by atoms with van der Waals surface area (Å²) in [4.78, 5) is 0. The Hall–Kier alpha value is 0.540. The summed E-state index contributed by atoms with van der Waals surface area (Å²) in [5.41, 5.74) is 4.50. The Kier molecular flexibility index (Phi) is 98.8. The van der Waals surface area contributed by atoms with Crippen LogP contribution >= 0.6 is 18.4 Å². The molecule has 0 saturated heterocycles. The van der Waals surface area contributed by atoms with E-state index in [0.29, 0.717) is 0 Å². The zero-order valence-electron chi connectivity index (χ0n) is 4.09. The number of hydrogen-bond donors (Lipinski definition) is 1. The highest BCUT2D eigenvalue weighted by Gasteiger charge is 1.47. The van der Waals surface area contributed by atoms with Crippen LogP contribution < -0.4 is 5.73 Å². The molecule has 8 heavy (non-hydrogen) atoms. The maximum absolute atomic E-state index is 9.65. The fourth-order valence-electron chi connectivity index (χ4n) is 0. The number of nitrogens with two attached hydrogens (primary N) is 1. The van der Waals surface area contributed by atoms with Gasteiger partial charge in [0.25, 0.3) is 18.4 Å². The summed E-state index contributed by atoms with van der Waals surface area (Å²) in [6.45, 7) is 0. The third-order valence-electron chi connectivity index (χ3n) is 0. The van der Waals surface area contributed by atoms with E-state index in [-0.39, 0.29) is 0 Å². The molecular formula is CH7F4NP2. The van der Waals surface area contributed by atoms with Crippen LogP contribution in [0.4, 0.5) is 16.8 Å². The standard InChI is InChI=1S/CH5N.2F2HP/c1-2;2*1-3-2/h2H2,1H3;2*3H. The molecule has 0 aromatic carbocycles. The monoisotopic (exact) mass is 171 g/mol. The molecule has 7 heteroatoms. The van der Waals surface area contributed by atoms with Crippen LogP contribution in [0, 0.1) is 0 Å². The van der Waals surface area contributed by atoms with Gasteiger partial charge in [0, 0.05) is 0 Å². The van der Waals surface area contributed by atoms with Gasteiger partial charge in [0.2, 0.25) is 0 Å². The van der Waals surface area contributed by atoms with Crippen LogP contribution in [0.5, 0.6) is 0 Å². The van der Waals surface area contributed by atoms with E-state index >= 15 is 0 Å². The first kappa shape index (κ1) is 15.8. The van der Waals surface area contributed by atoms with Crippen molar-refractivity contribution in [3.63, 3.8) is 0 Å². The minimum Gasteiger partial charge on any atom is -0.333 e. The molecule has 0 rings (SSSR count). The normalized spacial score (nSPS) is 5.25. The average Bonchev–Trinajstić information content (AvgIpc) is 1.75. The lowest BCUT2D eigenvalue weighted by Gasteiger charge is -1.40. The summed E-state index contributed by atoms with van der Waals surface area (Å²) in [6.07, 6.45) is 0. The lowest BCUT2D eigenvalue weighted by molar-refractivity contribution is 0.782. The van der Waals surface area contributed by atoms with Crippen molar-refractivity contribution in [3.05, 3.63) is 0 Å². The lowest BCUT2D eigenvalue weighted by atomic mass is 11.6. The summed E-state index contributed by atoms with van der Waals surface area (Å²) in [5.74, 6) is 0.